The molecule has 1 heterocycles. The quantitative estimate of drug-likeness (QED) is 0.793. The highest BCUT2D eigenvalue weighted by molar-refractivity contribution is 7.15. The van der Waals surface area contributed by atoms with E-state index in [1.807, 2.05) is 6.07 Å². The zero-order chi connectivity index (χ0) is 13.8. The van der Waals surface area contributed by atoms with Gasteiger partial charge in [0.15, 0.2) is 0 Å². The van der Waals surface area contributed by atoms with Gasteiger partial charge in [-0.1, -0.05) is 25.4 Å². The van der Waals surface area contributed by atoms with Gasteiger partial charge in [0.05, 0.1) is 0 Å². The van der Waals surface area contributed by atoms with E-state index < -0.39 is 0 Å². The van der Waals surface area contributed by atoms with Gasteiger partial charge in [-0.3, -0.25) is 0 Å². The molecule has 0 aliphatic carbocycles. The van der Waals surface area contributed by atoms with Gasteiger partial charge in [0, 0.05) is 26.4 Å². The maximum absolute atomic E-state index is 13.8. The number of benzene rings is 1. The molecule has 1 unspecified atom stereocenters. The fourth-order valence-electron chi connectivity index (χ4n) is 2.06. The summed E-state index contributed by atoms with van der Waals surface area (Å²) in [5.74, 6) is -0.228. The third kappa shape index (κ3) is 3.35. The lowest BCUT2D eigenvalue weighted by molar-refractivity contribution is 0.545. The summed E-state index contributed by atoms with van der Waals surface area (Å²) in [6.07, 6.45) is 1.02. The highest BCUT2D eigenvalue weighted by Crippen LogP contribution is 2.35. The van der Waals surface area contributed by atoms with Gasteiger partial charge >= 0.3 is 0 Å². The highest BCUT2D eigenvalue weighted by Gasteiger charge is 2.13. The summed E-state index contributed by atoms with van der Waals surface area (Å²) in [6.45, 7) is 5.16. The number of hydrogen-bond acceptors (Lipinski definition) is 2. The smallest absolute Gasteiger partial charge is 0.131 e. The van der Waals surface area contributed by atoms with Crippen molar-refractivity contribution in [2.45, 2.75) is 26.3 Å². The van der Waals surface area contributed by atoms with Crippen molar-refractivity contribution in [3.05, 3.63) is 46.0 Å². The molecule has 0 bridgehead atoms. The van der Waals surface area contributed by atoms with Crippen LogP contribution >= 0.6 is 22.9 Å². The standard InChI is InChI=1S/C15H17ClFNS/c1-3-13(18-4-2)15-8-7-14(19-15)11-9-10(16)5-6-12(11)17/h5-9,13,18H,3-4H2,1-2H3. The average molecular weight is 298 g/mol. The molecule has 0 saturated heterocycles. The maximum Gasteiger partial charge on any atom is 0.131 e. The van der Waals surface area contributed by atoms with E-state index >= 15 is 0 Å². The van der Waals surface area contributed by atoms with Gasteiger partial charge in [-0.15, -0.1) is 11.3 Å². The molecule has 2 rings (SSSR count). The molecule has 4 heteroatoms. The third-order valence-corrected chi connectivity index (χ3v) is 4.49. The van der Waals surface area contributed by atoms with Crippen molar-refractivity contribution in [3.63, 3.8) is 0 Å². The van der Waals surface area contributed by atoms with E-state index in [4.69, 9.17) is 11.6 Å². The van der Waals surface area contributed by atoms with Crippen LogP contribution in [0.2, 0.25) is 5.02 Å². The van der Waals surface area contributed by atoms with E-state index in [-0.39, 0.29) is 5.82 Å². The van der Waals surface area contributed by atoms with E-state index in [2.05, 4.69) is 25.2 Å². The van der Waals surface area contributed by atoms with E-state index in [1.165, 1.54) is 10.9 Å². The van der Waals surface area contributed by atoms with Crippen LogP contribution in [0.1, 0.15) is 31.2 Å². The summed E-state index contributed by atoms with van der Waals surface area (Å²) >= 11 is 7.56. The minimum atomic E-state index is -0.228. The Balaban J connectivity index is 2.32. The lowest BCUT2D eigenvalue weighted by atomic mass is 10.1. The second-order valence-electron chi connectivity index (χ2n) is 4.34. The van der Waals surface area contributed by atoms with Crippen LogP contribution in [-0.4, -0.2) is 6.54 Å². The molecule has 1 aromatic carbocycles. The van der Waals surface area contributed by atoms with Crippen LogP contribution in [0.25, 0.3) is 10.4 Å². The molecule has 0 fully saturated rings. The SMILES string of the molecule is CCNC(CC)c1ccc(-c2cc(Cl)ccc2F)s1. The molecule has 0 amide bonds. The molecule has 0 saturated carbocycles. The highest BCUT2D eigenvalue weighted by atomic mass is 35.5. The van der Waals surface area contributed by atoms with Crippen LogP contribution in [0.15, 0.2) is 30.3 Å². The fourth-order valence-corrected chi connectivity index (χ4v) is 3.42. The van der Waals surface area contributed by atoms with Crippen molar-refractivity contribution in [2.75, 3.05) is 6.54 Å². The first-order valence-electron chi connectivity index (χ1n) is 6.44. The van der Waals surface area contributed by atoms with Crippen LogP contribution in [0.5, 0.6) is 0 Å². The van der Waals surface area contributed by atoms with Crippen LogP contribution in [0.3, 0.4) is 0 Å². The molecule has 0 aliphatic heterocycles. The average Bonchev–Trinajstić information content (AvgIpc) is 2.88. The lowest BCUT2D eigenvalue weighted by Crippen LogP contribution is -2.18. The first-order chi connectivity index (χ1) is 9.15. The monoisotopic (exact) mass is 297 g/mol. The fraction of sp³-hybridized carbons (Fsp3) is 0.333. The van der Waals surface area contributed by atoms with E-state index in [0.717, 1.165) is 17.8 Å². The van der Waals surface area contributed by atoms with Crippen molar-refractivity contribution < 1.29 is 4.39 Å². The Morgan fingerprint density at radius 3 is 2.74 bits per heavy atom. The summed E-state index contributed by atoms with van der Waals surface area (Å²) in [5.41, 5.74) is 0.579. The topological polar surface area (TPSA) is 12.0 Å². The van der Waals surface area contributed by atoms with Crippen molar-refractivity contribution in [1.29, 1.82) is 0 Å². The van der Waals surface area contributed by atoms with Crippen LogP contribution < -0.4 is 5.32 Å². The molecule has 19 heavy (non-hydrogen) atoms. The van der Waals surface area contributed by atoms with Crippen molar-refractivity contribution >= 4 is 22.9 Å². The lowest BCUT2D eigenvalue weighted by Gasteiger charge is -2.13. The van der Waals surface area contributed by atoms with Crippen LogP contribution in [0.4, 0.5) is 4.39 Å². The largest absolute Gasteiger partial charge is 0.310 e. The Kier molecular flexibility index (Phi) is 4.97. The molecule has 1 aromatic heterocycles. The zero-order valence-electron chi connectivity index (χ0n) is 11.0. The predicted octanol–water partition coefficient (Wildman–Crippen LogP) is 5.27. The van der Waals surface area contributed by atoms with Gasteiger partial charge in [0.1, 0.15) is 5.82 Å². The number of nitrogens with one attached hydrogen (secondary N) is 1. The molecular weight excluding hydrogens is 281 g/mol. The first-order valence-corrected chi connectivity index (χ1v) is 7.63. The Hall–Kier alpha value is -0.900. The molecule has 0 radical (unpaired) electrons. The van der Waals surface area contributed by atoms with Gasteiger partial charge in [-0.05, 0) is 43.3 Å². The second kappa shape index (κ2) is 6.51. The second-order valence-corrected chi connectivity index (χ2v) is 5.90. The molecule has 102 valence electrons. The summed E-state index contributed by atoms with van der Waals surface area (Å²) in [4.78, 5) is 2.16. The molecule has 1 N–H and O–H groups in total. The Labute approximate surface area is 122 Å². The van der Waals surface area contributed by atoms with Gasteiger partial charge < -0.3 is 5.32 Å². The normalized spacial score (nSPS) is 12.6. The van der Waals surface area contributed by atoms with Crippen LogP contribution in [0, 0.1) is 5.82 Å². The zero-order valence-corrected chi connectivity index (χ0v) is 12.6. The Morgan fingerprint density at radius 2 is 2.05 bits per heavy atom. The van der Waals surface area contributed by atoms with E-state index in [0.29, 0.717) is 16.6 Å². The van der Waals surface area contributed by atoms with Gasteiger partial charge in [-0.2, -0.15) is 0 Å². The first kappa shape index (κ1) is 14.5. The number of hydrogen-bond donors (Lipinski definition) is 1. The van der Waals surface area contributed by atoms with Gasteiger partial charge in [0.25, 0.3) is 0 Å². The summed E-state index contributed by atoms with van der Waals surface area (Å²) in [7, 11) is 0. The molecule has 0 aliphatic rings. The molecular formula is C15H17ClFNS. The number of thiophene rings is 1. The van der Waals surface area contributed by atoms with E-state index in [1.54, 1.807) is 23.5 Å². The number of rotatable bonds is 5. The predicted molar refractivity (Wildman–Crippen MR) is 81.4 cm³/mol. The maximum atomic E-state index is 13.8. The Morgan fingerprint density at radius 1 is 1.26 bits per heavy atom. The van der Waals surface area contributed by atoms with Crippen molar-refractivity contribution in [2.24, 2.45) is 0 Å². The third-order valence-electron chi connectivity index (χ3n) is 3.02. The molecule has 0 spiro atoms. The minimum Gasteiger partial charge on any atom is -0.310 e. The molecule has 1 nitrogen and oxygen atoms in total. The molecule has 2 aromatic rings. The van der Waals surface area contributed by atoms with Gasteiger partial charge in [-0.25, -0.2) is 4.39 Å². The van der Waals surface area contributed by atoms with Crippen LogP contribution in [-0.2, 0) is 0 Å². The van der Waals surface area contributed by atoms with E-state index in [9.17, 15) is 4.39 Å². The van der Waals surface area contributed by atoms with Gasteiger partial charge in [0.2, 0.25) is 0 Å². The summed E-state index contributed by atoms with van der Waals surface area (Å²) < 4.78 is 13.8. The summed E-state index contributed by atoms with van der Waals surface area (Å²) in [6, 6.07) is 9.04. The summed E-state index contributed by atoms with van der Waals surface area (Å²) in [5, 5.41) is 3.99. The van der Waals surface area contributed by atoms with Crippen molar-refractivity contribution in [1.82, 2.24) is 5.32 Å². The van der Waals surface area contributed by atoms with Crippen molar-refractivity contribution in [3.8, 4) is 10.4 Å². The Bertz CT molecular complexity index is 553. The minimum absolute atomic E-state index is 0.228. The molecule has 1 atom stereocenters. The number of halogens is 2.